The molecule has 204 valence electrons. The van der Waals surface area contributed by atoms with Crippen LogP contribution < -0.4 is 11.1 Å². The number of carbonyl (C=O) groups excluding carboxylic acids is 1. The number of carbonyl (C=O) groups is 1. The minimum Gasteiger partial charge on any atom is -0.356 e. The molecule has 10 heteroatoms. The fourth-order valence-electron chi connectivity index (χ4n) is 4.87. The lowest BCUT2D eigenvalue weighted by molar-refractivity contribution is -0.121. The largest absolute Gasteiger partial charge is 0.356 e. The van der Waals surface area contributed by atoms with E-state index in [4.69, 9.17) is 22.3 Å². The maximum Gasteiger partial charge on any atom is 0.222 e. The number of nitrogens with zero attached hydrogens (tertiary/aromatic N) is 4. The summed E-state index contributed by atoms with van der Waals surface area (Å²) in [6, 6.07) is 9.52. The number of hydrogen-bond donors (Lipinski definition) is 2. The molecule has 0 aliphatic carbocycles. The maximum absolute atomic E-state index is 13.1. The zero-order valence-electron chi connectivity index (χ0n) is 22.5. The maximum atomic E-state index is 13.1. The van der Waals surface area contributed by atoms with Crippen LogP contribution in [-0.2, 0) is 17.6 Å². The van der Waals surface area contributed by atoms with Gasteiger partial charge >= 0.3 is 0 Å². The van der Waals surface area contributed by atoms with Gasteiger partial charge < -0.3 is 11.1 Å². The van der Waals surface area contributed by atoms with Gasteiger partial charge in [0.25, 0.3) is 0 Å². The Morgan fingerprint density at radius 2 is 1.92 bits per heavy atom. The number of hydrogen-bond acceptors (Lipinski definition) is 7. The van der Waals surface area contributed by atoms with Crippen LogP contribution in [0.3, 0.4) is 0 Å². The number of fused-ring (bicyclic) bond motifs is 3. The zero-order valence-corrected chi connectivity index (χ0v) is 24.8. The van der Waals surface area contributed by atoms with Crippen LogP contribution in [0.4, 0.5) is 0 Å². The summed E-state index contributed by atoms with van der Waals surface area (Å²) in [6.45, 7) is 7.52. The van der Waals surface area contributed by atoms with Crippen molar-refractivity contribution < 1.29 is 4.79 Å². The number of benzene rings is 1. The first kappa shape index (κ1) is 27.7. The van der Waals surface area contributed by atoms with Crippen LogP contribution in [0.25, 0.3) is 5.00 Å². The van der Waals surface area contributed by atoms with E-state index in [1.54, 1.807) is 22.7 Å². The summed E-state index contributed by atoms with van der Waals surface area (Å²) in [4.78, 5) is 20.9. The lowest BCUT2D eigenvalue weighted by Crippen LogP contribution is -2.26. The lowest BCUT2D eigenvalue weighted by atomic mass is 9.99. The average molecular weight is 581 g/mol. The van der Waals surface area contributed by atoms with Gasteiger partial charge in [0.2, 0.25) is 5.91 Å². The van der Waals surface area contributed by atoms with Crippen LogP contribution in [0.2, 0.25) is 5.02 Å². The van der Waals surface area contributed by atoms with Crippen molar-refractivity contribution in [1.82, 2.24) is 20.1 Å². The molecule has 1 aliphatic rings. The second kappa shape index (κ2) is 12.1. The Bertz CT molecular complexity index is 1500. The highest BCUT2D eigenvalue weighted by atomic mass is 35.5. The van der Waals surface area contributed by atoms with Crippen molar-refractivity contribution in [3.05, 3.63) is 84.4 Å². The van der Waals surface area contributed by atoms with Crippen LogP contribution in [0.1, 0.15) is 69.0 Å². The first-order valence-electron chi connectivity index (χ1n) is 13.2. The third-order valence-electron chi connectivity index (χ3n) is 7.04. The summed E-state index contributed by atoms with van der Waals surface area (Å²) < 4.78 is 2.07. The van der Waals surface area contributed by atoms with Crippen LogP contribution in [0.5, 0.6) is 0 Å². The molecular formula is C29H33ClN6OS2. The van der Waals surface area contributed by atoms with Crippen molar-refractivity contribution in [3.63, 3.8) is 0 Å². The predicted octanol–water partition coefficient (Wildman–Crippen LogP) is 5.89. The molecule has 39 heavy (non-hydrogen) atoms. The molecule has 3 N–H and O–H groups in total. The summed E-state index contributed by atoms with van der Waals surface area (Å²) in [5.41, 5.74) is 11.0. The molecule has 1 amide bonds. The Balaban J connectivity index is 1.34. The molecule has 7 nitrogen and oxygen atoms in total. The molecule has 0 saturated carbocycles. The minimum absolute atomic E-state index is 0.0422. The summed E-state index contributed by atoms with van der Waals surface area (Å²) in [5.74, 6) is 1.43. The summed E-state index contributed by atoms with van der Waals surface area (Å²) >= 11 is 9.68. The van der Waals surface area contributed by atoms with E-state index < -0.39 is 6.04 Å². The Morgan fingerprint density at radius 1 is 1.13 bits per heavy atom. The highest BCUT2D eigenvalue weighted by molar-refractivity contribution is 7.15. The topological polar surface area (TPSA) is 98.2 Å². The molecule has 1 aliphatic heterocycles. The summed E-state index contributed by atoms with van der Waals surface area (Å²) in [6.07, 6.45) is 4.07. The first-order chi connectivity index (χ1) is 18.9. The van der Waals surface area contributed by atoms with Gasteiger partial charge in [-0.2, -0.15) is 0 Å². The number of thiophene rings is 2. The number of aromatic nitrogens is 3. The van der Waals surface area contributed by atoms with Gasteiger partial charge in [0.1, 0.15) is 16.9 Å². The number of aryl methyl sites for hydroxylation is 4. The molecule has 0 unspecified atom stereocenters. The van der Waals surface area contributed by atoms with Crippen LogP contribution >= 0.6 is 34.3 Å². The molecular weight excluding hydrogens is 548 g/mol. The van der Waals surface area contributed by atoms with Crippen molar-refractivity contribution in [2.45, 2.75) is 58.9 Å². The zero-order chi connectivity index (χ0) is 27.5. The van der Waals surface area contributed by atoms with Gasteiger partial charge in [0.05, 0.1) is 12.1 Å². The van der Waals surface area contributed by atoms with E-state index in [2.05, 4.69) is 45.4 Å². The van der Waals surface area contributed by atoms with Crippen LogP contribution in [0, 0.1) is 20.8 Å². The van der Waals surface area contributed by atoms with Gasteiger partial charge in [0.15, 0.2) is 5.82 Å². The van der Waals surface area contributed by atoms with E-state index in [1.165, 1.54) is 20.9 Å². The van der Waals surface area contributed by atoms with E-state index in [0.29, 0.717) is 23.9 Å². The second-order valence-corrected chi connectivity index (χ2v) is 12.5. The molecule has 5 rings (SSSR count). The quantitative estimate of drug-likeness (QED) is 0.228. The predicted molar refractivity (Wildman–Crippen MR) is 161 cm³/mol. The Hall–Kier alpha value is -2.85. The van der Waals surface area contributed by atoms with E-state index in [0.717, 1.165) is 53.3 Å². The monoisotopic (exact) mass is 580 g/mol. The molecule has 4 aromatic rings. The lowest BCUT2D eigenvalue weighted by Gasteiger charge is -2.13. The molecule has 0 spiro atoms. The minimum atomic E-state index is -0.460. The van der Waals surface area contributed by atoms with E-state index in [9.17, 15) is 4.79 Å². The summed E-state index contributed by atoms with van der Waals surface area (Å²) in [5, 5.41) is 15.9. The number of nitrogens with two attached hydrogens (primary N) is 1. The standard InChI is InChI=1S/C29H33ClN6OS2/c1-17-18(2)39-29-26(17)27(21-8-10-22(30)11-9-21)33-24(28-35-34-19(3)36(28)29)15-25(37)32-13-5-7-23-14-20(16-38-23)6-4-12-31/h8-11,14,16,24H,4-7,12-13,15,31H2,1-3H3,(H,32,37)/t24-/m0/s1. The molecule has 0 saturated heterocycles. The van der Waals surface area contributed by atoms with Gasteiger partial charge in [-0.1, -0.05) is 23.7 Å². The van der Waals surface area contributed by atoms with Crippen LogP contribution in [-0.4, -0.2) is 39.5 Å². The Kier molecular flexibility index (Phi) is 8.61. The van der Waals surface area contributed by atoms with Crippen molar-refractivity contribution in [1.29, 1.82) is 0 Å². The second-order valence-electron chi connectivity index (χ2n) is 9.88. The fraction of sp³-hybridized carbons (Fsp3) is 0.379. The number of nitrogens with one attached hydrogen (secondary N) is 1. The molecule has 1 atom stereocenters. The average Bonchev–Trinajstić information content (AvgIpc) is 3.59. The SMILES string of the molecule is Cc1sc2c(c1C)C(c1ccc(Cl)cc1)=N[C@@H](CC(=O)NCCCc1cc(CCCN)cs1)c1nnc(C)n1-2. The third-order valence-corrected chi connectivity index (χ3v) is 9.53. The normalized spacial score (nSPS) is 14.5. The van der Waals surface area contributed by atoms with Crippen molar-refractivity contribution in [3.8, 4) is 5.00 Å². The third kappa shape index (κ3) is 6.01. The number of amides is 1. The van der Waals surface area contributed by atoms with Crippen molar-refractivity contribution >= 4 is 45.9 Å². The fourth-order valence-corrected chi connectivity index (χ4v) is 7.18. The summed E-state index contributed by atoms with van der Waals surface area (Å²) in [7, 11) is 0. The van der Waals surface area contributed by atoms with Crippen LogP contribution in [0.15, 0.2) is 40.7 Å². The smallest absolute Gasteiger partial charge is 0.222 e. The van der Waals surface area contributed by atoms with Gasteiger partial charge in [-0.25, -0.2) is 0 Å². The molecule has 0 fully saturated rings. The number of halogens is 1. The van der Waals surface area contributed by atoms with E-state index in [-0.39, 0.29) is 12.3 Å². The van der Waals surface area contributed by atoms with Gasteiger partial charge in [-0.05, 0) is 87.7 Å². The molecule has 4 heterocycles. The highest BCUT2D eigenvalue weighted by Gasteiger charge is 2.32. The molecule has 0 bridgehead atoms. The first-order valence-corrected chi connectivity index (χ1v) is 15.3. The number of rotatable bonds is 10. The van der Waals surface area contributed by atoms with E-state index >= 15 is 0 Å². The van der Waals surface area contributed by atoms with Gasteiger partial charge in [-0.3, -0.25) is 14.4 Å². The Morgan fingerprint density at radius 3 is 2.69 bits per heavy atom. The van der Waals surface area contributed by atoms with E-state index in [1.807, 2.05) is 31.2 Å². The molecule has 0 radical (unpaired) electrons. The van der Waals surface area contributed by atoms with Crippen molar-refractivity contribution in [2.75, 3.05) is 13.1 Å². The van der Waals surface area contributed by atoms with Gasteiger partial charge in [0, 0.05) is 32.4 Å². The van der Waals surface area contributed by atoms with Crippen molar-refractivity contribution in [2.24, 2.45) is 10.7 Å². The van der Waals surface area contributed by atoms with Gasteiger partial charge in [-0.15, -0.1) is 32.9 Å². The number of aliphatic imine (C=N–C) groups is 1. The highest BCUT2D eigenvalue weighted by Crippen LogP contribution is 2.39. The molecule has 3 aromatic heterocycles. The Labute approximate surface area is 242 Å². The molecule has 1 aromatic carbocycles.